The van der Waals surface area contributed by atoms with E-state index in [1.54, 1.807) is 6.33 Å². The molecule has 0 N–H and O–H groups in total. The molecular weight excluding hydrogens is 330 g/mol. The lowest BCUT2D eigenvalue weighted by Gasteiger charge is -2.38. The third-order valence-electron chi connectivity index (χ3n) is 4.53. The second-order valence-electron chi connectivity index (χ2n) is 6.02. The molecular formula is C16H22ClN5S. The molecule has 0 amide bonds. The van der Waals surface area contributed by atoms with Crippen molar-refractivity contribution in [2.24, 2.45) is 7.05 Å². The number of nitrogens with zero attached hydrogens (tertiary/aromatic N) is 5. The number of benzene rings is 1. The molecule has 0 unspecified atom stereocenters. The molecule has 1 aliphatic heterocycles. The summed E-state index contributed by atoms with van der Waals surface area (Å²) in [5.74, 6) is 0. The van der Waals surface area contributed by atoms with Gasteiger partial charge >= 0.3 is 0 Å². The molecule has 7 heteroatoms. The number of hydrogen-bond acceptors (Lipinski definition) is 4. The zero-order valence-corrected chi connectivity index (χ0v) is 15.1. The topological polar surface area (TPSA) is 29.2 Å². The maximum Gasteiger partial charge on any atom is 0.198 e. The number of halogens is 1. The fraction of sp³-hybridized carbons (Fsp3) is 0.500. The Bertz CT molecular complexity index is 717. The molecule has 1 aromatic carbocycles. The maximum atomic E-state index is 6.33. The summed E-state index contributed by atoms with van der Waals surface area (Å²) < 4.78 is 4.50. The third-order valence-corrected chi connectivity index (χ3v) is 5.37. The van der Waals surface area contributed by atoms with Crippen LogP contribution >= 0.6 is 23.8 Å². The molecule has 1 fully saturated rings. The molecule has 124 valence electrons. The van der Waals surface area contributed by atoms with Crippen LogP contribution in [-0.2, 0) is 13.7 Å². The average molecular weight is 352 g/mol. The van der Waals surface area contributed by atoms with Gasteiger partial charge in [-0.2, -0.15) is 5.10 Å². The highest BCUT2D eigenvalue weighted by atomic mass is 35.5. The summed E-state index contributed by atoms with van der Waals surface area (Å²) in [5, 5.41) is 5.17. The summed E-state index contributed by atoms with van der Waals surface area (Å²) in [6, 6.07) is 8.45. The molecule has 0 spiro atoms. The zero-order valence-electron chi connectivity index (χ0n) is 13.5. The van der Waals surface area contributed by atoms with Crippen molar-refractivity contribution in [1.82, 2.24) is 24.1 Å². The average Bonchev–Trinajstić information content (AvgIpc) is 2.87. The normalized spacial score (nSPS) is 18.2. The zero-order chi connectivity index (χ0) is 16.4. The first kappa shape index (κ1) is 16.6. The predicted molar refractivity (Wildman–Crippen MR) is 95.0 cm³/mol. The first-order chi connectivity index (χ1) is 11.1. The van der Waals surface area contributed by atoms with Crippen molar-refractivity contribution in [2.75, 3.05) is 26.2 Å². The number of hydrogen-bond donors (Lipinski definition) is 0. The summed E-state index contributed by atoms with van der Waals surface area (Å²) in [7, 11) is 1.93. The monoisotopic (exact) mass is 351 g/mol. The van der Waals surface area contributed by atoms with Gasteiger partial charge in [0.1, 0.15) is 6.33 Å². The molecule has 5 nitrogen and oxygen atoms in total. The van der Waals surface area contributed by atoms with Gasteiger partial charge in [0, 0.05) is 44.3 Å². The highest BCUT2D eigenvalue weighted by Gasteiger charge is 2.23. The van der Waals surface area contributed by atoms with Gasteiger partial charge in [-0.25, -0.2) is 4.68 Å². The van der Waals surface area contributed by atoms with Gasteiger partial charge in [0.05, 0.1) is 6.67 Å². The fourth-order valence-corrected chi connectivity index (χ4v) is 3.46. The van der Waals surface area contributed by atoms with Crippen LogP contribution < -0.4 is 0 Å². The quantitative estimate of drug-likeness (QED) is 0.792. The van der Waals surface area contributed by atoms with Crippen molar-refractivity contribution in [3.05, 3.63) is 45.9 Å². The van der Waals surface area contributed by atoms with E-state index in [0.29, 0.717) is 6.04 Å². The Morgan fingerprint density at radius 1 is 1.22 bits per heavy atom. The van der Waals surface area contributed by atoms with E-state index in [1.165, 1.54) is 5.56 Å². The number of piperazine rings is 1. The standard InChI is InChI=1S/C16H22ClN5S/c1-13(14-5-3-4-6-15(14)17)21-9-7-20(8-10-21)12-22-16(23)19(2)11-18-22/h3-6,11,13H,7-10,12H2,1-2H3/t13-/m0/s1. The molecule has 2 heterocycles. The summed E-state index contributed by atoms with van der Waals surface area (Å²) in [6.07, 6.45) is 1.76. The smallest absolute Gasteiger partial charge is 0.198 e. The SMILES string of the molecule is C[C@@H](c1ccccc1Cl)N1CCN(Cn2ncn(C)c2=S)CC1. The second-order valence-corrected chi connectivity index (χ2v) is 6.79. The Labute approximate surface area is 147 Å². The number of aromatic nitrogens is 3. The summed E-state index contributed by atoms with van der Waals surface area (Å²) >= 11 is 11.7. The lowest BCUT2D eigenvalue weighted by Crippen LogP contribution is -2.47. The Kier molecular flexibility index (Phi) is 5.16. The molecule has 0 radical (unpaired) electrons. The minimum absolute atomic E-state index is 0.336. The van der Waals surface area contributed by atoms with E-state index in [4.69, 9.17) is 23.8 Å². The Hall–Kier alpha value is -1.21. The van der Waals surface area contributed by atoms with Gasteiger partial charge in [0.25, 0.3) is 0 Å². The maximum absolute atomic E-state index is 6.33. The van der Waals surface area contributed by atoms with E-state index in [9.17, 15) is 0 Å². The van der Waals surface area contributed by atoms with Crippen molar-refractivity contribution in [3.8, 4) is 0 Å². The predicted octanol–water partition coefficient (Wildman–Crippen LogP) is 2.94. The third kappa shape index (κ3) is 3.66. The largest absolute Gasteiger partial charge is 0.310 e. The van der Waals surface area contributed by atoms with E-state index in [0.717, 1.165) is 42.6 Å². The van der Waals surface area contributed by atoms with E-state index < -0.39 is 0 Å². The lowest BCUT2D eigenvalue weighted by molar-refractivity contribution is 0.0788. The first-order valence-electron chi connectivity index (χ1n) is 7.85. The van der Waals surface area contributed by atoms with Gasteiger partial charge in [-0.05, 0) is 30.8 Å². The van der Waals surface area contributed by atoms with Crippen molar-refractivity contribution in [3.63, 3.8) is 0 Å². The Morgan fingerprint density at radius 2 is 1.91 bits per heavy atom. The van der Waals surface area contributed by atoms with E-state index in [1.807, 2.05) is 28.4 Å². The molecule has 1 saturated heterocycles. The van der Waals surface area contributed by atoms with Gasteiger partial charge in [-0.1, -0.05) is 29.8 Å². The summed E-state index contributed by atoms with van der Waals surface area (Å²) in [6.45, 7) is 7.04. The van der Waals surface area contributed by atoms with Crippen LogP contribution in [0.4, 0.5) is 0 Å². The molecule has 1 aromatic heterocycles. The molecule has 23 heavy (non-hydrogen) atoms. The van der Waals surface area contributed by atoms with Crippen LogP contribution in [0.15, 0.2) is 30.6 Å². The van der Waals surface area contributed by atoms with Crippen molar-refractivity contribution < 1.29 is 0 Å². The van der Waals surface area contributed by atoms with Crippen LogP contribution in [0.5, 0.6) is 0 Å². The van der Waals surface area contributed by atoms with Crippen molar-refractivity contribution in [1.29, 1.82) is 0 Å². The van der Waals surface area contributed by atoms with Crippen LogP contribution in [0, 0.1) is 4.77 Å². The minimum atomic E-state index is 0.336. The number of aryl methyl sites for hydroxylation is 1. The summed E-state index contributed by atoms with van der Waals surface area (Å²) in [4.78, 5) is 4.87. The lowest BCUT2D eigenvalue weighted by atomic mass is 10.1. The van der Waals surface area contributed by atoms with Gasteiger partial charge in [0.15, 0.2) is 4.77 Å². The second kappa shape index (κ2) is 7.13. The molecule has 0 aliphatic carbocycles. The van der Waals surface area contributed by atoms with Crippen molar-refractivity contribution >= 4 is 23.8 Å². The van der Waals surface area contributed by atoms with Gasteiger partial charge < -0.3 is 4.57 Å². The van der Waals surface area contributed by atoms with Crippen LogP contribution in [0.3, 0.4) is 0 Å². The molecule has 0 bridgehead atoms. The Morgan fingerprint density at radius 3 is 2.52 bits per heavy atom. The van der Waals surface area contributed by atoms with E-state index in [-0.39, 0.29) is 0 Å². The molecule has 0 saturated carbocycles. The highest BCUT2D eigenvalue weighted by Crippen LogP contribution is 2.27. The van der Waals surface area contributed by atoms with Crippen LogP contribution in [-0.4, -0.2) is 50.3 Å². The minimum Gasteiger partial charge on any atom is -0.310 e. The van der Waals surface area contributed by atoms with E-state index >= 15 is 0 Å². The molecule has 3 rings (SSSR count). The highest BCUT2D eigenvalue weighted by molar-refractivity contribution is 7.71. The van der Waals surface area contributed by atoms with Gasteiger partial charge in [0.2, 0.25) is 0 Å². The van der Waals surface area contributed by atoms with Gasteiger partial charge in [-0.3, -0.25) is 9.80 Å². The summed E-state index contributed by atoms with van der Waals surface area (Å²) in [5.41, 5.74) is 1.20. The molecule has 2 aromatic rings. The van der Waals surface area contributed by atoms with E-state index in [2.05, 4.69) is 34.0 Å². The van der Waals surface area contributed by atoms with Crippen LogP contribution in [0.1, 0.15) is 18.5 Å². The van der Waals surface area contributed by atoms with Crippen LogP contribution in [0.2, 0.25) is 5.02 Å². The molecule has 1 atom stereocenters. The Balaban J connectivity index is 1.59. The van der Waals surface area contributed by atoms with Gasteiger partial charge in [-0.15, -0.1) is 0 Å². The first-order valence-corrected chi connectivity index (χ1v) is 8.64. The number of rotatable bonds is 4. The van der Waals surface area contributed by atoms with Crippen LogP contribution in [0.25, 0.3) is 0 Å². The molecule has 1 aliphatic rings. The van der Waals surface area contributed by atoms with Crippen molar-refractivity contribution in [2.45, 2.75) is 19.6 Å². The fourth-order valence-electron chi connectivity index (χ4n) is 3.01.